The van der Waals surface area contributed by atoms with Gasteiger partial charge in [-0.2, -0.15) is 0 Å². The standard InChI is InChI=1S/C28H32N2O3S/c1-2-3-9-19-33-26-18-8-7-17-25(26)27(31)30-28(34)29-23-15-10-16-24(21-23)32-20-11-14-22-12-5-4-6-13-22/h4-8,10,12-13,15-18,21H,2-3,9,11,14,19-20H2,1H3,(H2,29,30,31,34). The zero-order valence-corrected chi connectivity index (χ0v) is 20.4. The maximum absolute atomic E-state index is 12.8. The fourth-order valence-corrected chi connectivity index (χ4v) is 3.63. The van der Waals surface area contributed by atoms with E-state index < -0.39 is 0 Å². The lowest BCUT2D eigenvalue weighted by Crippen LogP contribution is -2.34. The number of hydrogen-bond acceptors (Lipinski definition) is 4. The summed E-state index contributed by atoms with van der Waals surface area (Å²) in [5.74, 6) is 1.000. The molecule has 0 atom stereocenters. The molecule has 34 heavy (non-hydrogen) atoms. The van der Waals surface area contributed by atoms with Gasteiger partial charge < -0.3 is 14.8 Å². The average molecular weight is 477 g/mol. The van der Waals surface area contributed by atoms with Gasteiger partial charge in [-0.1, -0.05) is 68.3 Å². The smallest absolute Gasteiger partial charge is 0.261 e. The predicted molar refractivity (Wildman–Crippen MR) is 142 cm³/mol. The van der Waals surface area contributed by atoms with Crippen LogP contribution >= 0.6 is 12.2 Å². The second-order valence-corrected chi connectivity index (χ2v) is 8.33. The predicted octanol–water partition coefficient (Wildman–Crippen LogP) is 6.39. The molecule has 3 aromatic rings. The van der Waals surface area contributed by atoms with Crippen molar-refractivity contribution < 1.29 is 14.3 Å². The van der Waals surface area contributed by atoms with Crippen LogP contribution in [0.3, 0.4) is 0 Å². The average Bonchev–Trinajstić information content (AvgIpc) is 2.85. The quantitative estimate of drug-likeness (QED) is 0.234. The number of benzene rings is 3. The molecule has 0 aromatic heterocycles. The lowest BCUT2D eigenvalue weighted by molar-refractivity contribution is 0.0973. The van der Waals surface area contributed by atoms with E-state index >= 15 is 0 Å². The fraction of sp³-hybridized carbons (Fsp3) is 0.286. The molecule has 0 saturated carbocycles. The first-order chi connectivity index (χ1) is 16.7. The molecule has 0 saturated heterocycles. The summed E-state index contributed by atoms with van der Waals surface area (Å²) in [6, 6.07) is 25.1. The van der Waals surface area contributed by atoms with Gasteiger partial charge in [0.05, 0.1) is 18.8 Å². The van der Waals surface area contributed by atoms with Gasteiger partial charge in [0, 0.05) is 11.8 Å². The zero-order chi connectivity index (χ0) is 24.0. The molecule has 5 nitrogen and oxygen atoms in total. The van der Waals surface area contributed by atoms with E-state index in [0.717, 1.165) is 43.5 Å². The summed E-state index contributed by atoms with van der Waals surface area (Å²) in [7, 11) is 0. The summed E-state index contributed by atoms with van der Waals surface area (Å²) < 4.78 is 11.7. The molecule has 3 aromatic carbocycles. The third kappa shape index (κ3) is 8.52. The number of anilines is 1. The van der Waals surface area contributed by atoms with E-state index in [1.165, 1.54) is 5.56 Å². The second-order valence-electron chi connectivity index (χ2n) is 7.93. The van der Waals surface area contributed by atoms with E-state index in [1.54, 1.807) is 12.1 Å². The SMILES string of the molecule is CCCCCOc1ccccc1C(=O)NC(=S)Nc1cccc(OCCCc2ccccc2)c1. The van der Waals surface area contributed by atoms with E-state index in [-0.39, 0.29) is 11.0 Å². The molecule has 2 N–H and O–H groups in total. The highest BCUT2D eigenvalue weighted by molar-refractivity contribution is 7.80. The number of carbonyl (C=O) groups excluding carboxylic acids is 1. The molecule has 0 spiro atoms. The first-order valence-electron chi connectivity index (χ1n) is 11.8. The number of amides is 1. The molecule has 0 aliphatic carbocycles. The molecule has 1 amide bonds. The minimum absolute atomic E-state index is 0.215. The van der Waals surface area contributed by atoms with Crippen LogP contribution in [-0.4, -0.2) is 24.2 Å². The normalized spacial score (nSPS) is 10.4. The van der Waals surface area contributed by atoms with Crippen molar-refractivity contribution in [2.45, 2.75) is 39.0 Å². The molecule has 0 radical (unpaired) electrons. The number of para-hydroxylation sites is 1. The van der Waals surface area contributed by atoms with Gasteiger partial charge in [-0.15, -0.1) is 0 Å². The van der Waals surface area contributed by atoms with E-state index in [2.05, 4.69) is 29.7 Å². The Morgan fingerprint density at radius 1 is 0.853 bits per heavy atom. The van der Waals surface area contributed by atoms with Crippen LogP contribution in [0, 0.1) is 0 Å². The van der Waals surface area contributed by atoms with Gasteiger partial charge in [0.2, 0.25) is 0 Å². The molecule has 0 unspecified atom stereocenters. The van der Waals surface area contributed by atoms with Crippen molar-refractivity contribution in [3.05, 3.63) is 90.0 Å². The number of carbonyl (C=O) groups is 1. The van der Waals surface area contributed by atoms with E-state index in [1.807, 2.05) is 54.6 Å². The van der Waals surface area contributed by atoms with E-state index in [4.69, 9.17) is 21.7 Å². The molecule has 0 bridgehead atoms. The Morgan fingerprint density at radius 2 is 1.62 bits per heavy atom. The first-order valence-corrected chi connectivity index (χ1v) is 12.2. The maximum atomic E-state index is 12.8. The van der Waals surface area contributed by atoms with Crippen LogP contribution in [-0.2, 0) is 6.42 Å². The Labute approximate surface area is 207 Å². The minimum Gasteiger partial charge on any atom is -0.494 e. The van der Waals surface area contributed by atoms with Crippen LogP contribution in [0.1, 0.15) is 48.5 Å². The molecule has 6 heteroatoms. The maximum Gasteiger partial charge on any atom is 0.261 e. The first kappa shape index (κ1) is 25.2. The molecular weight excluding hydrogens is 444 g/mol. The Bertz CT molecular complexity index is 1060. The van der Waals surface area contributed by atoms with Gasteiger partial charge in [-0.05, 0) is 61.3 Å². The third-order valence-corrected chi connectivity index (χ3v) is 5.38. The van der Waals surface area contributed by atoms with Gasteiger partial charge in [-0.3, -0.25) is 10.1 Å². The van der Waals surface area contributed by atoms with Gasteiger partial charge in [0.25, 0.3) is 5.91 Å². The van der Waals surface area contributed by atoms with Crippen LogP contribution in [0.2, 0.25) is 0 Å². The summed E-state index contributed by atoms with van der Waals surface area (Å²) in [6.07, 6.45) is 5.06. The highest BCUT2D eigenvalue weighted by Gasteiger charge is 2.13. The van der Waals surface area contributed by atoms with Gasteiger partial charge in [0.1, 0.15) is 11.5 Å². The number of nitrogens with one attached hydrogen (secondary N) is 2. The van der Waals surface area contributed by atoms with Crippen molar-refractivity contribution in [3.63, 3.8) is 0 Å². The zero-order valence-electron chi connectivity index (χ0n) is 19.6. The number of ether oxygens (including phenoxy) is 2. The highest BCUT2D eigenvalue weighted by atomic mass is 32.1. The van der Waals surface area contributed by atoms with Crippen molar-refractivity contribution in [1.82, 2.24) is 5.32 Å². The van der Waals surface area contributed by atoms with Crippen LogP contribution in [0.25, 0.3) is 0 Å². The summed E-state index contributed by atoms with van der Waals surface area (Å²) in [4.78, 5) is 12.8. The van der Waals surface area contributed by atoms with Crippen molar-refractivity contribution in [3.8, 4) is 11.5 Å². The molecule has 178 valence electrons. The molecule has 3 rings (SSSR count). The van der Waals surface area contributed by atoms with Crippen LogP contribution in [0.15, 0.2) is 78.9 Å². The van der Waals surface area contributed by atoms with Crippen LogP contribution in [0.4, 0.5) is 5.69 Å². The lowest BCUT2D eigenvalue weighted by atomic mass is 10.1. The topological polar surface area (TPSA) is 59.6 Å². The monoisotopic (exact) mass is 476 g/mol. The van der Waals surface area contributed by atoms with Gasteiger partial charge in [0.15, 0.2) is 5.11 Å². The molecule has 0 heterocycles. The number of unbranched alkanes of at least 4 members (excludes halogenated alkanes) is 2. The van der Waals surface area contributed by atoms with Crippen LogP contribution in [0.5, 0.6) is 11.5 Å². The van der Waals surface area contributed by atoms with Crippen molar-refractivity contribution in [2.24, 2.45) is 0 Å². The summed E-state index contributed by atoms with van der Waals surface area (Å²) >= 11 is 5.36. The Kier molecular flexibility index (Phi) is 10.4. The van der Waals surface area contributed by atoms with Crippen molar-refractivity contribution >= 4 is 28.9 Å². The molecule has 0 fully saturated rings. The minimum atomic E-state index is -0.308. The largest absolute Gasteiger partial charge is 0.494 e. The van der Waals surface area contributed by atoms with Crippen molar-refractivity contribution in [1.29, 1.82) is 0 Å². The lowest BCUT2D eigenvalue weighted by Gasteiger charge is -2.14. The number of rotatable bonds is 12. The Hall–Kier alpha value is -3.38. The Balaban J connectivity index is 1.48. The van der Waals surface area contributed by atoms with E-state index in [0.29, 0.717) is 24.5 Å². The fourth-order valence-electron chi connectivity index (χ4n) is 3.42. The highest BCUT2D eigenvalue weighted by Crippen LogP contribution is 2.20. The molecule has 0 aliphatic heterocycles. The van der Waals surface area contributed by atoms with Gasteiger partial charge in [-0.25, -0.2) is 0 Å². The summed E-state index contributed by atoms with van der Waals surface area (Å²) in [5, 5.41) is 6.01. The molecule has 0 aliphatic rings. The second kappa shape index (κ2) is 14.0. The molecular formula is C28H32N2O3S. The number of aryl methyl sites for hydroxylation is 1. The van der Waals surface area contributed by atoms with Gasteiger partial charge >= 0.3 is 0 Å². The van der Waals surface area contributed by atoms with Crippen molar-refractivity contribution in [2.75, 3.05) is 18.5 Å². The summed E-state index contributed by atoms with van der Waals surface area (Å²) in [5.41, 5.74) is 2.50. The number of hydrogen-bond donors (Lipinski definition) is 2. The summed E-state index contributed by atoms with van der Waals surface area (Å²) in [6.45, 7) is 3.34. The van der Waals surface area contributed by atoms with Crippen LogP contribution < -0.4 is 20.1 Å². The number of thiocarbonyl (C=S) groups is 1. The third-order valence-electron chi connectivity index (χ3n) is 5.18. The Morgan fingerprint density at radius 3 is 2.44 bits per heavy atom. The van der Waals surface area contributed by atoms with E-state index in [9.17, 15) is 4.79 Å².